The van der Waals surface area contributed by atoms with Crippen LogP contribution in [0.5, 0.6) is 0 Å². The molecule has 0 aliphatic heterocycles. The molecule has 0 bridgehead atoms. The lowest BCUT2D eigenvalue weighted by Crippen LogP contribution is -2.41. The molecule has 0 spiro atoms. The van der Waals surface area contributed by atoms with Gasteiger partial charge in [0.2, 0.25) is 0 Å². The van der Waals surface area contributed by atoms with Crippen molar-refractivity contribution in [3.63, 3.8) is 0 Å². The number of benzene rings is 1. The first kappa shape index (κ1) is 12.5. The quantitative estimate of drug-likeness (QED) is 0.879. The van der Waals surface area contributed by atoms with Gasteiger partial charge in [-0.25, -0.2) is 0 Å². The molecule has 5 heteroatoms. The Bertz CT molecular complexity index is 351. The molecule has 0 heterocycles. The molecule has 15 heavy (non-hydrogen) atoms. The molecule has 1 unspecified atom stereocenters. The summed E-state index contributed by atoms with van der Waals surface area (Å²) in [5.74, 6) is 0. The summed E-state index contributed by atoms with van der Waals surface area (Å²) >= 11 is 3.01. The summed E-state index contributed by atoms with van der Waals surface area (Å²) in [6, 6.07) is 5.80. The van der Waals surface area contributed by atoms with Crippen LogP contribution in [0.25, 0.3) is 0 Å². The predicted molar refractivity (Wildman–Crippen MR) is 54.4 cm³/mol. The van der Waals surface area contributed by atoms with Crippen LogP contribution in [0, 0.1) is 0 Å². The highest BCUT2D eigenvalue weighted by atomic mass is 79.9. The first-order valence-electron chi connectivity index (χ1n) is 4.37. The standard InChI is InChI=1S/C10H10BrF3O/c1-2-9(15,10(12,13)14)7-5-3-4-6-8(7)11/h3-6,15H,2H2,1H3. The minimum absolute atomic E-state index is 0.153. The van der Waals surface area contributed by atoms with Gasteiger partial charge in [-0.3, -0.25) is 0 Å². The van der Waals surface area contributed by atoms with Crippen molar-refractivity contribution in [1.29, 1.82) is 0 Å². The third kappa shape index (κ3) is 2.18. The summed E-state index contributed by atoms with van der Waals surface area (Å²) in [5.41, 5.74) is -2.94. The molecule has 0 aromatic heterocycles. The largest absolute Gasteiger partial charge is 0.421 e. The van der Waals surface area contributed by atoms with Crippen LogP contribution in [0.3, 0.4) is 0 Å². The molecule has 1 aromatic rings. The van der Waals surface area contributed by atoms with Gasteiger partial charge in [0.1, 0.15) is 0 Å². The molecule has 0 fully saturated rings. The number of hydrogen-bond donors (Lipinski definition) is 1. The van der Waals surface area contributed by atoms with Gasteiger partial charge in [0, 0.05) is 10.0 Å². The summed E-state index contributed by atoms with van der Waals surface area (Å²) in [6.45, 7) is 1.30. The fourth-order valence-electron chi connectivity index (χ4n) is 1.34. The van der Waals surface area contributed by atoms with Crippen molar-refractivity contribution in [3.05, 3.63) is 34.3 Å². The molecule has 1 nitrogen and oxygen atoms in total. The maximum absolute atomic E-state index is 12.7. The van der Waals surface area contributed by atoms with Gasteiger partial charge in [-0.05, 0) is 12.5 Å². The zero-order valence-electron chi connectivity index (χ0n) is 7.98. The van der Waals surface area contributed by atoms with E-state index in [1.54, 1.807) is 6.07 Å². The van der Waals surface area contributed by atoms with E-state index in [-0.39, 0.29) is 10.0 Å². The monoisotopic (exact) mass is 282 g/mol. The van der Waals surface area contributed by atoms with Crippen LogP contribution in [-0.2, 0) is 5.60 Å². The lowest BCUT2D eigenvalue weighted by molar-refractivity contribution is -0.268. The van der Waals surface area contributed by atoms with E-state index in [0.29, 0.717) is 0 Å². The van der Waals surface area contributed by atoms with E-state index in [1.807, 2.05) is 0 Å². The van der Waals surface area contributed by atoms with Crippen molar-refractivity contribution in [2.45, 2.75) is 25.1 Å². The van der Waals surface area contributed by atoms with Crippen LogP contribution < -0.4 is 0 Å². The minimum Gasteiger partial charge on any atom is -0.376 e. The second-order valence-corrected chi connectivity index (χ2v) is 4.05. The first-order chi connectivity index (χ1) is 6.83. The molecular formula is C10H10BrF3O. The van der Waals surface area contributed by atoms with Gasteiger partial charge in [-0.2, -0.15) is 13.2 Å². The molecule has 0 radical (unpaired) electrons. The number of rotatable bonds is 2. The van der Waals surface area contributed by atoms with Crippen LogP contribution in [0.1, 0.15) is 18.9 Å². The van der Waals surface area contributed by atoms with Gasteiger partial charge in [0.05, 0.1) is 0 Å². The molecular weight excluding hydrogens is 273 g/mol. The highest BCUT2D eigenvalue weighted by molar-refractivity contribution is 9.10. The highest BCUT2D eigenvalue weighted by Crippen LogP contribution is 2.43. The van der Waals surface area contributed by atoms with Crippen molar-refractivity contribution in [3.8, 4) is 0 Å². The van der Waals surface area contributed by atoms with Gasteiger partial charge >= 0.3 is 6.18 Å². The van der Waals surface area contributed by atoms with Crippen LogP contribution in [0.15, 0.2) is 28.7 Å². The van der Waals surface area contributed by atoms with Crippen LogP contribution in [0.4, 0.5) is 13.2 Å². The fraction of sp³-hybridized carbons (Fsp3) is 0.400. The molecule has 1 atom stereocenters. The molecule has 0 saturated heterocycles. The summed E-state index contributed by atoms with van der Waals surface area (Å²) in [5, 5.41) is 9.65. The third-order valence-electron chi connectivity index (χ3n) is 2.30. The minimum atomic E-state index is -4.67. The molecule has 1 N–H and O–H groups in total. The highest BCUT2D eigenvalue weighted by Gasteiger charge is 2.54. The Morgan fingerprint density at radius 2 is 1.80 bits per heavy atom. The van der Waals surface area contributed by atoms with Crippen molar-refractivity contribution in [1.82, 2.24) is 0 Å². The van der Waals surface area contributed by atoms with E-state index in [4.69, 9.17) is 0 Å². The third-order valence-corrected chi connectivity index (χ3v) is 2.99. The topological polar surface area (TPSA) is 20.2 Å². The smallest absolute Gasteiger partial charge is 0.376 e. The van der Waals surface area contributed by atoms with E-state index >= 15 is 0 Å². The van der Waals surface area contributed by atoms with Gasteiger partial charge in [-0.1, -0.05) is 41.1 Å². The number of aliphatic hydroxyl groups is 1. The Kier molecular flexibility index (Phi) is 3.45. The van der Waals surface area contributed by atoms with E-state index in [1.165, 1.54) is 25.1 Å². The van der Waals surface area contributed by atoms with Gasteiger partial charge in [0.25, 0.3) is 0 Å². The summed E-state index contributed by atoms with van der Waals surface area (Å²) in [6.07, 6.45) is -5.09. The van der Waals surface area contributed by atoms with Gasteiger partial charge in [-0.15, -0.1) is 0 Å². The second-order valence-electron chi connectivity index (χ2n) is 3.19. The average molecular weight is 283 g/mol. The van der Waals surface area contributed by atoms with Gasteiger partial charge in [0.15, 0.2) is 5.60 Å². The van der Waals surface area contributed by atoms with Crippen LogP contribution in [-0.4, -0.2) is 11.3 Å². The fourth-order valence-corrected chi connectivity index (χ4v) is 1.95. The van der Waals surface area contributed by atoms with Crippen molar-refractivity contribution in [2.24, 2.45) is 0 Å². The van der Waals surface area contributed by atoms with Crippen LogP contribution >= 0.6 is 15.9 Å². The maximum Gasteiger partial charge on any atom is 0.421 e. The van der Waals surface area contributed by atoms with E-state index in [2.05, 4.69) is 15.9 Å². The van der Waals surface area contributed by atoms with E-state index in [0.717, 1.165) is 0 Å². The second kappa shape index (κ2) is 4.14. The van der Waals surface area contributed by atoms with Crippen molar-refractivity contribution >= 4 is 15.9 Å². The summed E-state index contributed by atoms with van der Waals surface area (Å²) in [7, 11) is 0. The summed E-state index contributed by atoms with van der Waals surface area (Å²) < 4.78 is 38.4. The molecule has 0 saturated carbocycles. The Morgan fingerprint density at radius 3 is 2.20 bits per heavy atom. The molecule has 0 aliphatic carbocycles. The number of alkyl halides is 3. The number of hydrogen-bond acceptors (Lipinski definition) is 1. The Morgan fingerprint density at radius 1 is 1.27 bits per heavy atom. The Balaban J connectivity index is 3.30. The first-order valence-corrected chi connectivity index (χ1v) is 5.16. The summed E-state index contributed by atoms with van der Waals surface area (Å²) in [4.78, 5) is 0. The van der Waals surface area contributed by atoms with Crippen LogP contribution in [0.2, 0.25) is 0 Å². The van der Waals surface area contributed by atoms with Gasteiger partial charge < -0.3 is 5.11 Å². The predicted octanol–water partition coefficient (Wildman–Crippen LogP) is 3.61. The molecule has 84 valence electrons. The lowest BCUT2D eigenvalue weighted by Gasteiger charge is -2.30. The Hall–Kier alpha value is -0.550. The maximum atomic E-state index is 12.7. The molecule has 1 aromatic carbocycles. The number of halogens is 4. The normalized spacial score (nSPS) is 16.1. The zero-order chi connectivity index (χ0) is 11.7. The zero-order valence-corrected chi connectivity index (χ0v) is 9.56. The van der Waals surface area contributed by atoms with Crippen molar-refractivity contribution in [2.75, 3.05) is 0 Å². The molecule has 0 aliphatic rings. The average Bonchev–Trinajstić information content (AvgIpc) is 2.15. The van der Waals surface area contributed by atoms with E-state index in [9.17, 15) is 18.3 Å². The molecule has 0 amide bonds. The molecule has 1 rings (SSSR count). The van der Waals surface area contributed by atoms with Crippen molar-refractivity contribution < 1.29 is 18.3 Å². The SMILES string of the molecule is CCC(O)(c1ccccc1Br)C(F)(F)F. The Labute approximate surface area is 94.0 Å². The lowest BCUT2D eigenvalue weighted by atomic mass is 9.90. The van der Waals surface area contributed by atoms with E-state index < -0.39 is 18.2 Å².